The molecule has 0 aliphatic heterocycles. The molecule has 0 radical (unpaired) electrons. The van der Waals surface area contributed by atoms with Crippen LogP contribution < -0.4 is 5.73 Å². The van der Waals surface area contributed by atoms with Gasteiger partial charge in [0.2, 0.25) is 5.91 Å². The standard InChI is InChI=1S/C13H28N2O/c1-3-5-11-15(12-6-4-2)13(16)9-7-8-10-14/h3-12,14H2,1-2H3. The summed E-state index contributed by atoms with van der Waals surface area (Å²) in [4.78, 5) is 13.9. The van der Waals surface area contributed by atoms with Crippen molar-refractivity contribution < 1.29 is 4.79 Å². The molecule has 2 N–H and O–H groups in total. The normalized spacial score (nSPS) is 10.4. The predicted molar refractivity (Wildman–Crippen MR) is 69.3 cm³/mol. The van der Waals surface area contributed by atoms with Crippen LogP contribution in [-0.2, 0) is 4.79 Å². The molecule has 0 saturated heterocycles. The maximum absolute atomic E-state index is 11.9. The lowest BCUT2D eigenvalue weighted by atomic mass is 10.2. The van der Waals surface area contributed by atoms with E-state index in [0.29, 0.717) is 18.9 Å². The molecule has 3 heteroatoms. The van der Waals surface area contributed by atoms with Gasteiger partial charge in [0.25, 0.3) is 0 Å². The molecule has 0 rings (SSSR count). The molecule has 0 unspecified atom stereocenters. The SMILES string of the molecule is CCCCN(CCCC)C(=O)CCCCN. The molecular weight excluding hydrogens is 200 g/mol. The smallest absolute Gasteiger partial charge is 0.222 e. The van der Waals surface area contributed by atoms with Crippen LogP contribution in [0.15, 0.2) is 0 Å². The van der Waals surface area contributed by atoms with E-state index in [2.05, 4.69) is 13.8 Å². The fourth-order valence-electron chi connectivity index (χ4n) is 1.64. The van der Waals surface area contributed by atoms with E-state index < -0.39 is 0 Å². The molecule has 0 aromatic carbocycles. The largest absolute Gasteiger partial charge is 0.343 e. The summed E-state index contributed by atoms with van der Waals surface area (Å²) in [6.07, 6.45) is 7.10. The molecular formula is C13H28N2O. The van der Waals surface area contributed by atoms with Crippen molar-refractivity contribution in [3.05, 3.63) is 0 Å². The minimum absolute atomic E-state index is 0.315. The Morgan fingerprint density at radius 3 is 2.00 bits per heavy atom. The third kappa shape index (κ3) is 7.69. The quantitative estimate of drug-likeness (QED) is 0.584. The predicted octanol–water partition coefficient (Wildman–Crippen LogP) is 2.54. The van der Waals surface area contributed by atoms with Gasteiger partial charge in [0.05, 0.1) is 0 Å². The number of rotatable bonds is 10. The van der Waals surface area contributed by atoms with Crippen LogP contribution in [-0.4, -0.2) is 30.4 Å². The van der Waals surface area contributed by atoms with Gasteiger partial charge < -0.3 is 10.6 Å². The Balaban J connectivity index is 3.88. The summed E-state index contributed by atoms with van der Waals surface area (Å²) in [6.45, 7) is 6.88. The molecule has 0 fully saturated rings. The summed E-state index contributed by atoms with van der Waals surface area (Å²) < 4.78 is 0. The summed E-state index contributed by atoms with van der Waals surface area (Å²) in [7, 11) is 0. The maximum Gasteiger partial charge on any atom is 0.222 e. The number of hydrogen-bond donors (Lipinski definition) is 1. The molecule has 0 aromatic rings. The van der Waals surface area contributed by atoms with Crippen LogP contribution >= 0.6 is 0 Å². The molecule has 0 saturated carbocycles. The average Bonchev–Trinajstić information content (AvgIpc) is 2.29. The molecule has 0 spiro atoms. The summed E-state index contributed by atoms with van der Waals surface area (Å²) >= 11 is 0. The van der Waals surface area contributed by atoms with Crippen molar-refractivity contribution >= 4 is 5.91 Å². The summed E-state index contributed by atoms with van der Waals surface area (Å²) in [5.41, 5.74) is 5.43. The van der Waals surface area contributed by atoms with Crippen molar-refractivity contribution in [2.75, 3.05) is 19.6 Å². The Labute approximate surface area is 100 Å². The Bertz CT molecular complexity index is 163. The van der Waals surface area contributed by atoms with Crippen LogP contribution in [0.25, 0.3) is 0 Å². The number of unbranched alkanes of at least 4 members (excludes halogenated alkanes) is 3. The monoisotopic (exact) mass is 228 g/mol. The molecule has 96 valence electrons. The lowest BCUT2D eigenvalue weighted by Crippen LogP contribution is -2.32. The third-order valence-corrected chi connectivity index (χ3v) is 2.76. The first kappa shape index (κ1) is 15.4. The van der Waals surface area contributed by atoms with E-state index in [0.717, 1.165) is 51.6 Å². The summed E-state index contributed by atoms with van der Waals surface area (Å²) in [5, 5.41) is 0. The highest BCUT2D eigenvalue weighted by atomic mass is 16.2. The van der Waals surface area contributed by atoms with Crippen molar-refractivity contribution in [1.82, 2.24) is 4.90 Å². The van der Waals surface area contributed by atoms with Crippen LogP contribution in [0.3, 0.4) is 0 Å². The molecule has 0 bridgehead atoms. The number of amides is 1. The van der Waals surface area contributed by atoms with E-state index in [1.54, 1.807) is 0 Å². The lowest BCUT2D eigenvalue weighted by Gasteiger charge is -2.22. The highest BCUT2D eigenvalue weighted by molar-refractivity contribution is 5.76. The first-order valence-electron chi connectivity index (χ1n) is 6.74. The number of carbonyl (C=O) groups excluding carboxylic acids is 1. The van der Waals surface area contributed by atoms with E-state index in [9.17, 15) is 4.79 Å². The minimum atomic E-state index is 0.315. The second-order valence-electron chi connectivity index (χ2n) is 4.33. The van der Waals surface area contributed by atoms with Gasteiger partial charge in [0, 0.05) is 19.5 Å². The van der Waals surface area contributed by atoms with E-state index in [1.807, 2.05) is 4.90 Å². The molecule has 0 atom stereocenters. The van der Waals surface area contributed by atoms with Gasteiger partial charge in [0.1, 0.15) is 0 Å². The van der Waals surface area contributed by atoms with E-state index in [-0.39, 0.29) is 0 Å². The highest BCUT2D eigenvalue weighted by Crippen LogP contribution is 2.05. The van der Waals surface area contributed by atoms with Gasteiger partial charge in [-0.3, -0.25) is 4.79 Å². The first-order valence-corrected chi connectivity index (χ1v) is 6.74. The van der Waals surface area contributed by atoms with Crippen LogP contribution in [0, 0.1) is 0 Å². The molecule has 1 amide bonds. The fourth-order valence-corrected chi connectivity index (χ4v) is 1.64. The van der Waals surface area contributed by atoms with Gasteiger partial charge in [0.15, 0.2) is 0 Å². The van der Waals surface area contributed by atoms with Crippen molar-refractivity contribution in [2.45, 2.75) is 58.8 Å². The van der Waals surface area contributed by atoms with Gasteiger partial charge in [-0.15, -0.1) is 0 Å². The second kappa shape index (κ2) is 10.9. The Morgan fingerprint density at radius 1 is 1.00 bits per heavy atom. The zero-order valence-electron chi connectivity index (χ0n) is 11.0. The van der Waals surface area contributed by atoms with Crippen molar-refractivity contribution in [3.63, 3.8) is 0 Å². The van der Waals surface area contributed by atoms with Crippen molar-refractivity contribution in [1.29, 1.82) is 0 Å². The lowest BCUT2D eigenvalue weighted by molar-refractivity contribution is -0.131. The van der Waals surface area contributed by atoms with Crippen LogP contribution in [0.5, 0.6) is 0 Å². The maximum atomic E-state index is 11.9. The van der Waals surface area contributed by atoms with Gasteiger partial charge in [-0.05, 0) is 32.2 Å². The minimum Gasteiger partial charge on any atom is -0.343 e. The Kier molecular flexibility index (Phi) is 10.5. The zero-order chi connectivity index (χ0) is 12.2. The molecule has 3 nitrogen and oxygen atoms in total. The van der Waals surface area contributed by atoms with Crippen molar-refractivity contribution in [2.24, 2.45) is 5.73 Å². The third-order valence-electron chi connectivity index (χ3n) is 2.76. The highest BCUT2D eigenvalue weighted by Gasteiger charge is 2.11. The van der Waals surface area contributed by atoms with E-state index >= 15 is 0 Å². The first-order chi connectivity index (χ1) is 7.76. The number of carbonyl (C=O) groups is 1. The topological polar surface area (TPSA) is 46.3 Å². The van der Waals surface area contributed by atoms with E-state index in [4.69, 9.17) is 5.73 Å². The molecule has 0 aliphatic rings. The summed E-state index contributed by atoms with van der Waals surface area (Å²) in [5.74, 6) is 0.315. The van der Waals surface area contributed by atoms with Crippen molar-refractivity contribution in [3.8, 4) is 0 Å². The number of hydrogen-bond acceptors (Lipinski definition) is 2. The van der Waals surface area contributed by atoms with Gasteiger partial charge in [-0.25, -0.2) is 0 Å². The Hall–Kier alpha value is -0.570. The number of nitrogens with two attached hydrogens (primary N) is 1. The molecule has 0 heterocycles. The van der Waals surface area contributed by atoms with Crippen LogP contribution in [0.2, 0.25) is 0 Å². The van der Waals surface area contributed by atoms with Crippen LogP contribution in [0.1, 0.15) is 58.8 Å². The molecule has 16 heavy (non-hydrogen) atoms. The fraction of sp³-hybridized carbons (Fsp3) is 0.923. The average molecular weight is 228 g/mol. The Morgan fingerprint density at radius 2 is 1.56 bits per heavy atom. The van der Waals surface area contributed by atoms with Gasteiger partial charge in [-0.1, -0.05) is 26.7 Å². The summed E-state index contributed by atoms with van der Waals surface area (Å²) in [6, 6.07) is 0. The van der Waals surface area contributed by atoms with E-state index in [1.165, 1.54) is 0 Å². The zero-order valence-corrected chi connectivity index (χ0v) is 11.0. The van der Waals surface area contributed by atoms with Gasteiger partial charge in [-0.2, -0.15) is 0 Å². The van der Waals surface area contributed by atoms with Gasteiger partial charge >= 0.3 is 0 Å². The second-order valence-corrected chi connectivity index (χ2v) is 4.33. The van der Waals surface area contributed by atoms with Crippen LogP contribution in [0.4, 0.5) is 0 Å². The number of nitrogens with zero attached hydrogens (tertiary/aromatic N) is 1. The molecule has 0 aliphatic carbocycles. The molecule has 0 aromatic heterocycles.